The summed E-state index contributed by atoms with van der Waals surface area (Å²) in [5.41, 5.74) is 1.13. The average molecular weight is 292 g/mol. The van der Waals surface area contributed by atoms with Crippen molar-refractivity contribution in [2.75, 3.05) is 7.05 Å². The lowest BCUT2D eigenvalue weighted by Gasteiger charge is -2.34. The Morgan fingerprint density at radius 1 is 1.42 bits per heavy atom. The molecule has 0 aliphatic heterocycles. The highest BCUT2D eigenvalue weighted by Crippen LogP contribution is 2.43. The van der Waals surface area contributed by atoms with Crippen LogP contribution in [0.5, 0.6) is 0 Å². The predicted octanol–water partition coefficient (Wildman–Crippen LogP) is 3.87. The van der Waals surface area contributed by atoms with Gasteiger partial charge in [-0.3, -0.25) is 0 Å². The van der Waals surface area contributed by atoms with Crippen LogP contribution in [0.25, 0.3) is 0 Å². The van der Waals surface area contributed by atoms with E-state index in [4.69, 9.17) is 0 Å². The second-order valence-corrected chi connectivity index (χ2v) is 7.04. The number of aromatic nitrogens is 1. The molecule has 2 rings (SSSR count). The van der Waals surface area contributed by atoms with Gasteiger partial charge in [0, 0.05) is 23.8 Å². The number of rotatable bonds is 3. The maximum Gasteiger partial charge on any atom is 0.389 e. The number of hydrogen-bond donors (Lipinski definition) is 1. The normalized spacial score (nSPS) is 22.3. The zero-order valence-corrected chi connectivity index (χ0v) is 12.2. The first-order chi connectivity index (χ1) is 8.70. The second-order valence-electron chi connectivity index (χ2n) is 5.92. The number of alkyl halides is 3. The Kier molecular flexibility index (Phi) is 3.93. The fourth-order valence-corrected chi connectivity index (χ4v) is 3.77. The molecule has 0 radical (unpaired) electrons. The molecule has 0 fully saturated rings. The molecule has 1 aliphatic rings. The van der Waals surface area contributed by atoms with Crippen molar-refractivity contribution >= 4 is 11.3 Å². The lowest BCUT2D eigenvalue weighted by molar-refractivity contribution is -0.134. The number of thiazole rings is 1. The largest absolute Gasteiger partial charge is 0.389 e. The van der Waals surface area contributed by atoms with E-state index in [9.17, 15) is 13.2 Å². The van der Waals surface area contributed by atoms with Gasteiger partial charge in [0.25, 0.3) is 0 Å². The van der Waals surface area contributed by atoms with Gasteiger partial charge in [0.05, 0.1) is 10.7 Å². The lowest BCUT2D eigenvalue weighted by Crippen LogP contribution is -2.30. The summed E-state index contributed by atoms with van der Waals surface area (Å²) in [6.07, 6.45) is -3.04. The van der Waals surface area contributed by atoms with Gasteiger partial charge in [-0.2, -0.15) is 13.2 Å². The van der Waals surface area contributed by atoms with Crippen molar-refractivity contribution in [2.45, 2.75) is 51.7 Å². The molecule has 1 atom stereocenters. The van der Waals surface area contributed by atoms with E-state index in [1.165, 1.54) is 11.3 Å². The number of nitrogens with zero attached hydrogens (tertiary/aromatic N) is 1. The highest BCUT2D eigenvalue weighted by atomic mass is 32.1. The van der Waals surface area contributed by atoms with E-state index >= 15 is 0 Å². The zero-order valence-electron chi connectivity index (χ0n) is 11.4. The first kappa shape index (κ1) is 14.8. The summed E-state index contributed by atoms with van der Waals surface area (Å²) < 4.78 is 36.8. The Balaban J connectivity index is 2.17. The number of halogens is 3. The molecule has 1 N–H and O–H groups in total. The summed E-state index contributed by atoms with van der Waals surface area (Å²) in [5.74, 6) is 0. The van der Waals surface area contributed by atoms with Gasteiger partial charge in [0.15, 0.2) is 0 Å². The molecule has 1 heterocycles. The third kappa shape index (κ3) is 3.69. The summed E-state index contributed by atoms with van der Waals surface area (Å²) in [4.78, 5) is 5.55. The van der Waals surface area contributed by atoms with Gasteiger partial charge in [-0.15, -0.1) is 11.3 Å². The quantitative estimate of drug-likeness (QED) is 0.914. The van der Waals surface area contributed by atoms with Gasteiger partial charge in [-0.1, -0.05) is 13.8 Å². The number of nitrogens with one attached hydrogen (secondary N) is 1. The lowest BCUT2D eigenvalue weighted by atomic mass is 9.76. The van der Waals surface area contributed by atoms with Crippen LogP contribution < -0.4 is 5.32 Å². The zero-order chi connectivity index (χ0) is 14.3. The topological polar surface area (TPSA) is 24.9 Å². The fraction of sp³-hybridized carbons (Fsp3) is 0.769. The molecule has 0 amide bonds. The molecule has 0 spiro atoms. The molecule has 1 aromatic heterocycles. The van der Waals surface area contributed by atoms with Gasteiger partial charge in [0.1, 0.15) is 0 Å². The molecular weight excluding hydrogens is 273 g/mol. The van der Waals surface area contributed by atoms with Crippen LogP contribution in [0, 0.1) is 5.41 Å². The van der Waals surface area contributed by atoms with Crippen molar-refractivity contribution < 1.29 is 13.2 Å². The predicted molar refractivity (Wildman–Crippen MR) is 70.4 cm³/mol. The summed E-state index contributed by atoms with van der Waals surface area (Å²) in [7, 11) is 1.89. The molecule has 6 heteroatoms. The SMILES string of the molecule is CNC1CC(C)(C)Cc2nc(CCC(F)(F)F)sc21. The molecule has 108 valence electrons. The third-order valence-corrected chi connectivity index (χ3v) is 4.73. The molecule has 2 nitrogen and oxygen atoms in total. The van der Waals surface area contributed by atoms with E-state index in [1.54, 1.807) is 0 Å². The second kappa shape index (κ2) is 5.05. The molecule has 1 aliphatic carbocycles. The summed E-state index contributed by atoms with van der Waals surface area (Å²) in [5, 5.41) is 3.86. The monoisotopic (exact) mass is 292 g/mol. The summed E-state index contributed by atoms with van der Waals surface area (Å²) in [6, 6.07) is 0.218. The van der Waals surface area contributed by atoms with E-state index in [0.717, 1.165) is 23.4 Å². The van der Waals surface area contributed by atoms with Crippen molar-refractivity contribution in [3.8, 4) is 0 Å². The average Bonchev–Trinajstić information content (AvgIpc) is 2.65. The van der Waals surface area contributed by atoms with Crippen LogP contribution in [0.3, 0.4) is 0 Å². The van der Waals surface area contributed by atoms with E-state index < -0.39 is 12.6 Å². The van der Waals surface area contributed by atoms with Gasteiger partial charge >= 0.3 is 6.18 Å². The summed E-state index contributed by atoms with van der Waals surface area (Å²) >= 11 is 1.44. The van der Waals surface area contributed by atoms with Crippen LogP contribution >= 0.6 is 11.3 Å². The first-order valence-corrected chi connectivity index (χ1v) is 7.24. The molecule has 0 aromatic carbocycles. The highest BCUT2D eigenvalue weighted by Gasteiger charge is 2.35. The van der Waals surface area contributed by atoms with Crippen LogP contribution in [0.1, 0.15) is 48.3 Å². The van der Waals surface area contributed by atoms with Crippen LogP contribution in [0.15, 0.2) is 0 Å². The van der Waals surface area contributed by atoms with Crippen LogP contribution in [-0.4, -0.2) is 18.2 Å². The smallest absolute Gasteiger partial charge is 0.312 e. The van der Waals surface area contributed by atoms with Crippen molar-refractivity contribution in [1.82, 2.24) is 10.3 Å². The number of fused-ring (bicyclic) bond motifs is 1. The minimum atomic E-state index is -4.10. The van der Waals surface area contributed by atoms with Gasteiger partial charge < -0.3 is 5.32 Å². The standard InChI is InChI=1S/C13H19F3N2S/c1-12(2)6-8(17-3)11-9(7-12)18-10(19-11)4-5-13(14,15)16/h8,17H,4-7H2,1-3H3. The summed E-state index contributed by atoms with van der Waals surface area (Å²) in [6.45, 7) is 4.35. The van der Waals surface area contributed by atoms with E-state index in [0.29, 0.717) is 5.01 Å². The van der Waals surface area contributed by atoms with Gasteiger partial charge in [-0.25, -0.2) is 4.98 Å². The van der Waals surface area contributed by atoms with Crippen LogP contribution in [-0.2, 0) is 12.8 Å². The number of aryl methyl sites for hydroxylation is 1. The van der Waals surface area contributed by atoms with Crippen molar-refractivity contribution in [2.24, 2.45) is 5.41 Å². The Hall–Kier alpha value is -0.620. The van der Waals surface area contributed by atoms with Crippen molar-refractivity contribution in [1.29, 1.82) is 0 Å². The Morgan fingerprint density at radius 3 is 2.68 bits per heavy atom. The Bertz CT molecular complexity index is 451. The van der Waals surface area contributed by atoms with Crippen molar-refractivity contribution in [3.05, 3.63) is 15.6 Å². The molecule has 1 unspecified atom stereocenters. The molecule has 0 saturated heterocycles. The minimum Gasteiger partial charge on any atom is -0.312 e. The molecular formula is C13H19F3N2S. The van der Waals surface area contributed by atoms with Gasteiger partial charge in [-0.05, 0) is 25.3 Å². The Morgan fingerprint density at radius 2 is 2.11 bits per heavy atom. The fourth-order valence-electron chi connectivity index (χ4n) is 2.57. The minimum absolute atomic E-state index is 0.00195. The van der Waals surface area contributed by atoms with Crippen LogP contribution in [0.4, 0.5) is 13.2 Å². The van der Waals surface area contributed by atoms with Crippen LogP contribution in [0.2, 0.25) is 0 Å². The first-order valence-electron chi connectivity index (χ1n) is 6.43. The molecule has 0 bridgehead atoms. The number of hydrogen-bond acceptors (Lipinski definition) is 3. The maximum atomic E-state index is 12.3. The third-order valence-electron chi connectivity index (χ3n) is 3.46. The Labute approximate surface area is 115 Å². The highest BCUT2D eigenvalue weighted by molar-refractivity contribution is 7.11. The van der Waals surface area contributed by atoms with Crippen molar-refractivity contribution in [3.63, 3.8) is 0 Å². The molecule has 0 saturated carbocycles. The maximum absolute atomic E-state index is 12.3. The van der Waals surface area contributed by atoms with E-state index in [-0.39, 0.29) is 17.9 Å². The molecule has 1 aromatic rings. The molecule has 19 heavy (non-hydrogen) atoms. The van der Waals surface area contributed by atoms with E-state index in [1.807, 2.05) is 7.05 Å². The van der Waals surface area contributed by atoms with Gasteiger partial charge in [0.2, 0.25) is 0 Å². The van der Waals surface area contributed by atoms with E-state index in [2.05, 4.69) is 24.1 Å².